The van der Waals surface area contributed by atoms with E-state index >= 15 is 0 Å². The minimum Gasteiger partial charge on any atom is -0.376 e. The molecule has 0 saturated carbocycles. The lowest BCUT2D eigenvalue weighted by molar-refractivity contribution is -0.126. The van der Waals surface area contributed by atoms with E-state index in [1.54, 1.807) is 19.0 Å². The number of hydrogen-bond acceptors (Lipinski definition) is 4. The van der Waals surface area contributed by atoms with Crippen molar-refractivity contribution < 1.29 is 9.32 Å². The Hall–Kier alpha value is -2.04. The lowest BCUT2D eigenvalue weighted by atomic mass is 10.1. The summed E-state index contributed by atoms with van der Waals surface area (Å²) in [4.78, 5) is 13.1. The van der Waals surface area contributed by atoms with E-state index in [1.807, 2.05) is 26.0 Å². The number of carbonyl (C=O) groups excluding carboxylic acids is 1. The summed E-state index contributed by atoms with van der Waals surface area (Å²) in [6.45, 7) is 4.18. The average molecular weight is 247 g/mol. The predicted molar refractivity (Wildman–Crippen MR) is 70.7 cm³/mol. The number of hydrogen-bond donors (Lipinski definition) is 1. The fraction of sp³-hybridized carbons (Fsp3) is 0.385. The highest BCUT2D eigenvalue weighted by atomic mass is 16.5. The molecule has 0 radical (unpaired) electrons. The number of fused-ring (bicyclic) bond motifs is 1. The number of likely N-dealkylation sites (N-methyl/N-ethyl adjacent to an activating group) is 1. The molecule has 1 N–H and O–H groups in total. The Kier molecular flexibility index (Phi) is 3.23. The van der Waals surface area contributed by atoms with Crippen LogP contribution in [0.5, 0.6) is 0 Å². The van der Waals surface area contributed by atoms with Gasteiger partial charge in [0.15, 0.2) is 5.58 Å². The van der Waals surface area contributed by atoms with Crippen LogP contribution in [0.2, 0.25) is 0 Å². The van der Waals surface area contributed by atoms with Crippen LogP contribution in [0, 0.1) is 13.8 Å². The van der Waals surface area contributed by atoms with Gasteiger partial charge >= 0.3 is 0 Å². The molecule has 1 aromatic carbocycles. The number of nitrogens with zero attached hydrogens (tertiary/aromatic N) is 2. The summed E-state index contributed by atoms with van der Waals surface area (Å²) >= 11 is 0. The van der Waals surface area contributed by atoms with Gasteiger partial charge in [-0.05, 0) is 25.5 Å². The van der Waals surface area contributed by atoms with Crippen LogP contribution >= 0.6 is 0 Å². The predicted octanol–water partition coefficient (Wildman–Crippen LogP) is 1.94. The number of amides is 1. The molecule has 5 heteroatoms. The first kappa shape index (κ1) is 12.4. The van der Waals surface area contributed by atoms with Crippen molar-refractivity contribution in [3.63, 3.8) is 0 Å². The molecule has 0 bridgehead atoms. The zero-order chi connectivity index (χ0) is 13.3. The Morgan fingerprint density at radius 1 is 1.39 bits per heavy atom. The molecule has 0 aliphatic heterocycles. The van der Waals surface area contributed by atoms with E-state index in [2.05, 4.69) is 10.5 Å². The number of anilines is 1. The molecule has 1 amide bonds. The SMILES string of the molecule is Cc1cc2c(C)noc2cc1NCC(=O)N(C)C. The Bertz CT molecular complexity index is 587. The van der Waals surface area contributed by atoms with Crippen molar-refractivity contribution in [1.29, 1.82) is 0 Å². The molecule has 0 saturated heterocycles. The van der Waals surface area contributed by atoms with Gasteiger partial charge in [0.2, 0.25) is 5.91 Å². The second-order valence-electron chi connectivity index (χ2n) is 4.57. The summed E-state index contributed by atoms with van der Waals surface area (Å²) < 4.78 is 5.21. The van der Waals surface area contributed by atoms with Crippen molar-refractivity contribution in [2.45, 2.75) is 13.8 Å². The molecule has 96 valence electrons. The Morgan fingerprint density at radius 2 is 2.11 bits per heavy atom. The molecule has 18 heavy (non-hydrogen) atoms. The molecule has 2 rings (SSSR count). The molecule has 1 heterocycles. The van der Waals surface area contributed by atoms with Crippen molar-refractivity contribution in [2.75, 3.05) is 26.0 Å². The summed E-state index contributed by atoms with van der Waals surface area (Å²) in [5, 5.41) is 8.05. The second kappa shape index (κ2) is 4.68. The summed E-state index contributed by atoms with van der Waals surface area (Å²) in [5.41, 5.74) is 3.58. The largest absolute Gasteiger partial charge is 0.376 e. The molecule has 0 aliphatic carbocycles. The second-order valence-corrected chi connectivity index (χ2v) is 4.57. The maximum atomic E-state index is 11.5. The first-order valence-electron chi connectivity index (χ1n) is 5.79. The van der Waals surface area contributed by atoms with E-state index in [4.69, 9.17) is 4.52 Å². The van der Waals surface area contributed by atoms with E-state index in [-0.39, 0.29) is 12.5 Å². The third kappa shape index (κ3) is 2.30. The van der Waals surface area contributed by atoms with Gasteiger partial charge in [-0.3, -0.25) is 4.79 Å². The lowest BCUT2D eigenvalue weighted by Crippen LogP contribution is -2.28. The fourth-order valence-electron chi connectivity index (χ4n) is 1.73. The molecule has 1 aromatic heterocycles. The molecular formula is C13H17N3O2. The van der Waals surface area contributed by atoms with Gasteiger partial charge in [0.25, 0.3) is 0 Å². The Labute approximate surface area is 106 Å². The van der Waals surface area contributed by atoms with Gasteiger partial charge in [-0.1, -0.05) is 5.16 Å². The maximum Gasteiger partial charge on any atom is 0.241 e. The third-order valence-electron chi connectivity index (χ3n) is 2.93. The van der Waals surface area contributed by atoms with Crippen LogP contribution in [-0.4, -0.2) is 36.6 Å². The first-order chi connectivity index (χ1) is 8.49. The first-order valence-corrected chi connectivity index (χ1v) is 5.79. The Balaban J connectivity index is 2.23. The number of benzene rings is 1. The van der Waals surface area contributed by atoms with Gasteiger partial charge in [0, 0.05) is 31.2 Å². The molecule has 0 fully saturated rings. The highest BCUT2D eigenvalue weighted by Gasteiger charge is 2.09. The zero-order valence-electron chi connectivity index (χ0n) is 11.1. The fourth-order valence-corrected chi connectivity index (χ4v) is 1.73. The average Bonchev–Trinajstić information content (AvgIpc) is 2.67. The van der Waals surface area contributed by atoms with E-state index in [1.165, 1.54) is 0 Å². The smallest absolute Gasteiger partial charge is 0.241 e. The van der Waals surface area contributed by atoms with Gasteiger partial charge in [-0.15, -0.1) is 0 Å². The topological polar surface area (TPSA) is 58.4 Å². The molecule has 0 spiro atoms. The summed E-state index contributed by atoms with van der Waals surface area (Å²) in [7, 11) is 3.47. The van der Waals surface area contributed by atoms with Crippen LogP contribution in [-0.2, 0) is 4.79 Å². The van der Waals surface area contributed by atoms with Crippen LogP contribution in [0.25, 0.3) is 11.0 Å². The van der Waals surface area contributed by atoms with Gasteiger partial charge in [0.1, 0.15) is 0 Å². The summed E-state index contributed by atoms with van der Waals surface area (Å²) in [5.74, 6) is 0.0308. The lowest BCUT2D eigenvalue weighted by Gasteiger charge is -2.13. The van der Waals surface area contributed by atoms with Crippen LogP contribution < -0.4 is 5.32 Å². The van der Waals surface area contributed by atoms with Crippen LogP contribution in [0.4, 0.5) is 5.69 Å². The minimum atomic E-state index is 0.0308. The molecule has 5 nitrogen and oxygen atoms in total. The molecular weight excluding hydrogens is 230 g/mol. The monoisotopic (exact) mass is 247 g/mol. The number of carbonyl (C=O) groups is 1. The summed E-state index contributed by atoms with van der Waals surface area (Å²) in [6, 6.07) is 3.90. The van der Waals surface area contributed by atoms with Crippen LogP contribution in [0.1, 0.15) is 11.3 Å². The van der Waals surface area contributed by atoms with Crippen molar-refractivity contribution >= 4 is 22.6 Å². The quantitative estimate of drug-likeness (QED) is 0.900. The third-order valence-corrected chi connectivity index (χ3v) is 2.93. The van der Waals surface area contributed by atoms with Crippen molar-refractivity contribution in [2.24, 2.45) is 0 Å². The van der Waals surface area contributed by atoms with Gasteiger partial charge in [0.05, 0.1) is 12.2 Å². The molecule has 2 aromatic rings. The van der Waals surface area contributed by atoms with E-state index in [0.29, 0.717) is 0 Å². The zero-order valence-corrected chi connectivity index (χ0v) is 11.1. The molecule has 0 unspecified atom stereocenters. The maximum absolute atomic E-state index is 11.5. The van der Waals surface area contributed by atoms with Crippen molar-refractivity contribution in [1.82, 2.24) is 10.1 Å². The highest BCUT2D eigenvalue weighted by Crippen LogP contribution is 2.25. The van der Waals surface area contributed by atoms with Crippen molar-refractivity contribution in [3.8, 4) is 0 Å². The van der Waals surface area contributed by atoms with Crippen LogP contribution in [0.15, 0.2) is 16.7 Å². The number of aryl methyl sites for hydroxylation is 2. The molecule has 0 atom stereocenters. The van der Waals surface area contributed by atoms with Gasteiger partial charge in [-0.25, -0.2) is 0 Å². The molecule has 0 aliphatic rings. The van der Waals surface area contributed by atoms with E-state index in [0.717, 1.165) is 27.9 Å². The Morgan fingerprint density at radius 3 is 2.78 bits per heavy atom. The van der Waals surface area contributed by atoms with Gasteiger partial charge in [-0.2, -0.15) is 0 Å². The van der Waals surface area contributed by atoms with Gasteiger partial charge < -0.3 is 14.7 Å². The van der Waals surface area contributed by atoms with Crippen molar-refractivity contribution in [3.05, 3.63) is 23.4 Å². The van der Waals surface area contributed by atoms with E-state index in [9.17, 15) is 4.79 Å². The number of nitrogens with one attached hydrogen (secondary N) is 1. The van der Waals surface area contributed by atoms with Crippen LogP contribution in [0.3, 0.4) is 0 Å². The normalized spacial score (nSPS) is 10.7. The number of rotatable bonds is 3. The summed E-state index contributed by atoms with van der Waals surface area (Å²) in [6.07, 6.45) is 0. The van der Waals surface area contributed by atoms with E-state index < -0.39 is 0 Å². The standard InChI is InChI=1S/C13H17N3O2/c1-8-5-10-9(2)15-18-12(10)6-11(8)14-7-13(17)16(3)4/h5-6,14H,7H2,1-4H3. The highest BCUT2D eigenvalue weighted by molar-refractivity contribution is 5.86. The number of aromatic nitrogens is 1. The minimum absolute atomic E-state index is 0.0308.